The van der Waals surface area contributed by atoms with Crippen molar-refractivity contribution in [1.29, 1.82) is 10.7 Å². The second-order valence-corrected chi connectivity index (χ2v) is 4.76. The Balaban J connectivity index is 3.01. The third-order valence-corrected chi connectivity index (χ3v) is 2.57. The topological polar surface area (TPSA) is 127 Å². The first-order chi connectivity index (χ1) is 9.85. The van der Waals surface area contributed by atoms with E-state index in [9.17, 15) is 4.79 Å². The van der Waals surface area contributed by atoms with Crippen molar-refractivity contribution >= 4 is 23.1 Å². The minimum Gasteiger partial charge on any atom is -0.382 e. The van der Waals surface area contributed by atoms with Crippen LogP contribution in [0.4, 0.5) is 5.69 Å². The predicted octanol–water partition coefficient (Wildman–Crippen LogP) is 1.36. The van der Waals surface area contributed by atoms with Crippen LogP contribution in [-0.4, -0.2) is 23.5 Å². The molecule has 0 aliphatic rings. The predicted molar refractivity (Wildman–Crippen MR) is 82.4 cm³/mol. The molecule has 1 aromatic rings. The number of anilines is 1. The summed E-state index contributed by atoms with van der Waals surface area (Å²) in [5.41, 5.74) is 9.55. The van der Waals surface area contributed by atoms with E-state index < -0.39 is 5.84 Å². The van der Waals surface area contributed by atoms with Crippen molar-refractivity contribution in [1.82, 2.24) is 5.32 Å². The molecule has 0 saturated heterocycles. The smallest absolute Gasteiger partial charge is 0.251 e. The highest BCUT2D eigenvalue weighted by molar-refractivity contribution is 6.45. The van der Waals surface area contributed by atoms with Crippen molar-refractivity contribution in [2.75, 3.05) is 5.43 Å². The lowest BCUT2D eigenvalue weighted by Crippen LogP contribution is -2.30. The fourth-order valence-electron chi connectivity index (χ4n) is 1.49. The summed E-state index contributed by atoms with van der Waals surface area (Å²) in [6.07, 6.45) is 0. The Kier molecular flexibility index (Phi) is 5.43. The molecule has 0 aromatic heterocycles. The van der Waals surface area contributed by atoms with Gasteiger partial charge in [-0.3, -0.25) is 15.6 Å². The lowest BCUT2D eigenvalue weighted by atomic mass is 10.1. The molecular weight excluding hydrogens is 268 g/mol. The minimum absolute atomic E-state index is 0.0381. The van der Waals surface area contributed by atoms with E-state index in [-0.39, 0.29) is 17.7 Å². The fraction of sp³-hybridized carbons (Fsp3) is 0.286. The molecule has 0 fully saturated rings. The maximum atomic E-state index is 11.9. The molecule has 0 aliphatic heterocycles. The van der Waals surface area contributed by atoms with Gasteiger partial charge in [-0.15, -0.1) is 0 Å². The zero-order valence-electron chi connectivity index (χ0n) is 12.2. The average molecular weight is 286 g/mol. The van der Waals surface area contributed by atoms with Gasteiger partial charge in [-0.1, -0.05) is 6.07 Å². The fourth-order valence-corrected chi connectivity index (χ4v) is 1.49. The Morgan fingerprint density at radius 1 is 1.48 bits per heavy atom. The van der Waals surface area contributed by atoms with Crippen molar-refractivity contribution in [3.8, 4) is 6.07 Å². The Morgan fingerprint density at radius 3 is 2.67 bits per heavy atom. The number of nitrogens with two attached hydrogens (primary N) is 1. The van der Waals surface area contributed by atoms with Crippen LogP contribution in [0.15, 0.2) is 23.3 Å². The van der Waals surface area contributed by atoms with Crippen molar-refractivity contribution in [2.45, 2.75) is 26.8 Å². The van der Waals surface area contributed by atoms with Crippen molar-refractivity contribution in [3.05, 3.63) is 29.3 Å². The van der Waals surface area contributed by atoms with Gasteiger partial charge in [-0.25, -0.2) is 0 Å². The number of rotatable bonds is 5. The van der Waals surface area contributed by atoms with Crippen LogP contribution in [0, 0.1) is 23.7 Å². The molecule has 5 N–H and O–H groups in total. The van der Waals surface area contributed by atoms with Gasteiger partial charge in [0.25, 0.3) is 5.91 Å². The van der Waals surface area contributed by atoms with E-state index in [0.717, 1.165) is 5.56 Å². The van der Waals surface area contributed by atoms with Gasteiger partial charge in [0.15, 0.2) is 5.84 Å². The first-order valence-electron chi connectivity index (χ1n) is 6.35. The summed E-state index contributed by atoms with van der Waals surface area (Å²) >= 11 is 0. The van der Waals surface area contributed by atoms with Crippen LogP contribution in [0.3, 0.4) is 0 Å². The standard InChI is InChI=1S/C14H18N6O/c1-8(2)18-14(21)10-5-4-9(3)11(6-10)19-20-12(7-15)13(16)17/h4-6,8,19H,1-3H3,(H3,16,17)(H,18,21)/b20-12+. The van der Waals surface area contributed by atoms with Gasteiger partial charge in [0, 0.05) is 11.6 Å². The molecule has 7 heteroatoms. The molecule has 0 bridgehead atoms. The first-order valence-corrected chi connectivity index (χ1v) is 6.35. The zero-order valence-corrected chi connectivity index (χ0v) is 12.2. The monoisotopic (exact) mass is 286 g/mol. The second-order valence-electron chi connectivity index (χ2n) is 4.76. The SMILES string of the molecule is Cc1ccc(C(=O)NC(C)C)cc1N/N=C(\C#N)C(=N)N. The Bertz CT molecular complexity index is 627. The maximum Gasteiger partial charge on any atom is 0.251 e. The van der Waals surface area contributed by atoms with E-state index in [1.807, 2.05) is 20.8 Å². The summed E-state index contributed by atoms with van der Waals surface area (Å²) in [5.74, 6) is -0.611. The summed E-state index contributed by atoms with van der Waals surface area (Å²) < 4.78 is 0. The molecule has 21 heavy (non-hydrogen) atoms. The summed E-state index contributed by atoms with van der Waals surface area (Å²) in [4.78, 5) is 11.9. The number of benzene rings is 1. The molecule has 1 amide bonds. The Morgan fingerprint density at radius 2 is 2.14 bits per heavy atom. The molecule has 0 spiro atoms. The summed E-state index contributed by atoms with van der Waals surface area (Å²) in [6, 6.07) is 6.86. The number of aryl methyl sites for hydroxylation is 1. The molecule has 1 rings (SSSR count). The van der Waals surface area contributed by atoms with Crippen LogP contribution in [0.25, 0.3) is 0 Å². The quantitative estimate of drug-likeness (QED) is 0.370. The highest BCUT2D eigenvalue weighted by Gasteiger charge is 2.09. The third kappa shape index (κ3) is 4.62. The number of hydrogen-bond donors (Lipinski definition) is 4. The van der Waals surface area contributed by atoms with Gasteiger partial charge >= 0.3 is 0 Å². The van der Waals surface area contributed by atoms with Crippen LogP contribution in [0.1, 0.15) is 29.8 Å². The van der Waals surface area contributed by atoms with E-state index >= 15 is 0 Å². The molecule has 0 unspecified atom stereocenters. The molecular formula is C14H18N6O. The summed E-state index contributed by atoms with van der Waals surface area (Å²) in [5, 5.41) is 22.5. The number of nitrogens with zero attached hydrogens (tertiary/aromatic N) is 2. The number of nitrogens with one attached hydrogen (secondary N) is 3. The Hall–Kier alpha value is -2.88. The van der Waals surface area contributed by atoms with Crippen LogP contribution in [0.2, 0.25) is 0 Å². The van der Waals surface area contributed by atoms with Gasteiger partial charge in [-0.05, 0) is 38.5 Å². The lowest BCUT2D eigenvalue weighted by molar-refractivity contribution is 0.0943. The molecule has 1 aromatic carbocycles. The maximum absolute atomic E-state index is 11.9. The minimum atomic E-state index is -0.420. The molecule has 0 aliphatic carbocycles. The number of amides is 1. The van der Waals surface area contributed by atoms with Crippen molar-refractivity contribution in [2.24, 2.45) is 10.8 Å². The van der Waals surface area contributed by atoms with E-state index in [0.29, 0.717) is 11.3 Å². The molecule has 0 saturated carbocycles. The summed E-state index contributed by atoms with van der Waals surface area (Å²) in [7, 11) is 0. The van der Waals surface area contributed by atoms with E-state index in [1.165, 1.54) is 0 Å². The average Bonchev–Trinajstić information content (AvgIpc) is 2.40. The number of hydrazone groups is 1. The third-order valence-electron chi connectivity index (χ3n) is 2.57. The second kappa shape index (κ2) is 7.05. The molecule has 0 radical (unpaired) electrons. The first kappa shape index (κ1) is 16.2. The Labute approximate surface area is 123 Å². The van der Waals surface area contributed by atoms with Gasteiger partial charge in [0.1, 0.15) is 6.07 Å². The number of hydrogen-bond acceptors (Lipinski definition) is 5. The van der Waals surface area contributed by atoms with E-state index in [1.54, 1.807) is 24.3 Å². The number of amidine groups is 1. The van der Waals surface area contributed by atoms with Gasteiger partial charge in [-0.2, -0.15) is 10.4 Å². The molecule has 0 atom stereocenters. The van der Waals surface area contributed by atoms with Crippen LogP contribution in [-0.2, 0) is 0 Å². The van der Waals surface area contributed by atoms with Crippen LogP contribution in [0.5, 0.6) is 0 Å². The normalized spacial score (nSPS) is 10.9. The van der Waals surface area contributed by atoms with E-state index in [2.05, 4.69) is 15.8 Å². The van der Waals surface area contributed by atoms with Crippen LogP contribution < -0.4 is 16.5 Å². The van der Waals surface area contributed by atoms with E-state index in [4.69, 9.17) is 16.4 Å². The molecule has 7 nitrogen and oxygen atoms in total. The zero-order chi connectivity index (χ0) is 16.0. The summed E-state index contributed by atoms with van der Waals surface area (Å²) in [6.45, 7) is 5.59. The number of nitriles is 1. The number of carbonyl (C=O) groups is 1. The number of carbonyl (C=O) groups excluding carboxylic acids is 1. The highest BCUT2D eigenvalue weighted by Crippen LogP contribution is 2.17. The highest BCUT2D eigenvalue weighted by atomic mass is 16.1. The van der Waals surface area contributed by atoms with Crippen molar-refractivity contribution in [3.63, 3.8) is 0 Å². The van der Waals surface area contributed by atoms with Gasteiger partial charge < -0.3 is 11.1 Å². The lowest BCUT2D eigenvalue weighted by Gasteiger charge is -2.11. The van der Waals surface area contributed by atoms with Gasteiger partial charge in [0.2, 0.25) is 5.71 Å². The largest absolute Gasteiger partial charge is 0.382 e. The van der Waals surface area contributed by atoms with Crippen LogP contribution >= 0.6 is 0 Å². The van der Waals surface area contributed by atoms with Gasteiger partial charge in [0.05, 0.1) is 5.69 Å². The molecule has 110 valence electrons. The molecule has 0 heterocycles. The van der Waals surface area contributed by atoms with Crippen molar-refractivity contribution < 1.29 is 4.79 Å².